The van der Waals surface area contributed by atoms with Crippen LogP contribution in [0.1, 0.15) is 16.7 Å². The van der Waals surface area contributed by atoms with E-state index in [0.717, 1.165) is 22.4 Å². The number of nitrogens with one attached hydrogen (secondary N) is 1. The topological polar surface area (TPSA) is 92.6 Å². The van der Waals surface area contributed by atoms with Gasteiger partial charge in [-0.15, -0.1) is 0 Å². The molecule has 2 aliphatic heterocycles. The first-order valence-electron chi connectivity index (χ1n) is 12.3. The second-order valence-corrected chi connectivity index (χ2v) is 9.76. The molecule has 2 heterocycles. The normalized spacial score (nSPS) is 15.8. The van der Waals surface area contributed by atoms with E-state index in [9.17, 15) is 9.59 Å². The maximum Gasteiger partial charge on any atom is 0.259 e. The number of benzene rings is 3. The minimum Gasteiger partial charge on any atom is -0.493 e. The van der Waals surface area contributed by atoms with Crippen LogP contribution >= 0.6 is 11.8 Å². The second-order valence-electron chi connectivity index (χ2n) is 8.82. The molecule has 0 aromatic heterocycles. The maximum absolute atomic E-state index is 13.4. The minimum atomic E-state index is -0.528. The SMILES string of the molecule is COc1ccc(CCNC(=O)CSC2=Nc3ccccc3C3=NC(Cc4ccccc4)C(=O)N23)cc1OC. The molecule has 38 heavy (non-hydrogen) atoms. The fourth-order valence-electron chi connectivity index (χ4n) is 4.43. The number of aliphatic imine (C=N–C) groups is 2. The van der Waals surface area contributed by atoms with Gasteiger partial charge in [-0.25, -0.2) is 9.89 Å². The summed E-state index contributed by atoms with van der Waals surface area (Å²) < 4.78 is 10.6. The molecule has 1 atom stereocenters. The predicted octanol–water partition coefficient (Wildman–Crippen LogP) is 4.00. The number of para-hydroxylation sites is 1. The van der Waals surface area contributed by atoms with Crippen molar-refractivity contribution in [1.82, 2.24) is 10.2 Å². The molecule has 2 aliphatic rings. The molecule has 0 saturated heterocycles. The molecule has 0 saturated carbocycles. The predicted molar refractivity (Wildman–Crippen MR) is 150 cm³/mol. The van der Waals surface area contributed by atoms with Gasteiger partial charge < -0.3 is 14.8 Å². The molecule has 1 unspecified atom stereocenters. The van der Waals surface area contributed by atoms with E-state index in [1.165, 1.54) is 11.8 Å². The third-order valence-electron chi connectivity index (χ3n) is 6.34. The Morgan fingerprint density at radius 1 is 0.974 bits per heavy atom. The summed E-state index contributed by atoms with van der Waals surface area (Å²) >= 11 is 1.24. The molecule has 5 rings (SSSR count). The monoisotopic (exact) mass is 528 g/mol. The number of methoxy groups -OCH3 is 2. The number of nitrogens with zero attached hydrogens (tertiary/aromatic N) is 3. The van der Waals surface area contributed by atoms with Gasteiger partial charge in [0, 0.05) is 18.5 Å². The molecule has 0 fully saturated rings. The van der Waals surface area contributed by atoms with Crippen LogP contribution in [0.15, 0.2) is 82.8 Å². The summed E-state index contributed by atoms with van der Waals surface area (Å²) in [7, 11) is 3.19. The quantitative estimate of drug-likeness (QED) is 0.453. The molecule has 8 nitrogen and oxygen atoms in total. The summed E-state index contributed by atoms with van der Waals surface area (Å²) in [5.74, 6) is 1.78. The van der Waals surface area contributed by atoms with E-state index in [1.807, 2.05) is 72.8 Å². The van der Waals surface area contributed by atoms with Gasteiger partial charge in [0.2, 0.25) is 5.91 Å². The van der Waals surface area contributed by atoms with Gasteiger partial charge >= 0.3 is 0 Å². The van der Waals surface area contributed by atoms with Crippen LogP contribution in [0.5, 0.6) is 11.5 Å². The molecule has 2 amide bonds. The molecule has 0 radical (unpaired) electrons. The van der Waals surface area contributed by atoms with Crippen molar-refractivity contribution >= 4 is 40.3 Å². The molecule has 3 aromatic rings. The molecular formula is C29H28N4O4S. The number of carbonyl (C=O) groups is 2. The van der Waals surface area contributed by atoms with Crippen LogP contribution in [-0.2, 0) is 22.4 Å². The Labute approximate surface area is 225 Å². The molecule has 194 valence electrons. The van der Waals surface area contributed by atoms with Crippen molar-refractivity contribution in [2.75, 3.05) is 26.5 Å². The van der Waals surface area contributed by atoms with E-state index >= 15 is 0 Å². The van der Waals surface area contributed by atoms with Crippen molar-refractivity contribution in [2.24, 2.45) is 9.98 Å². The Kier molecular flexibility index (Phi) is 7.74. The van der Waals surface area contributed by atoms with Crippen molar-refractivity contribution in [3.05, 3.63) is 89.5 Å². The van der Waals surface area contributed by atoms with Crippen LogP contribution in [0.4, 0.5) is 5.69 Å². The number of rotatable bonds is 9. The van der Waals surface area contributed by atoms with Crippen LogP contribution in [0, 0.1) is 0 Å². The zero-order valence-corrected chi connectivity index (χ0v) is 22.0. The summed E-state index contributed by atoms with van der Waals surface area (Å²) in [4.78, 5) is 37.2. The number of hydrogen-bond acceptors (Lipinski definition) is 7. The van der Waals surface area contributed by atoms with E-state index in [1.54, 1.807) is 19.1 Å². The van der Waals surface area contributed by atoms with Crippen LogP contribution in [0.3, 0.4) is 0 Å². The molecular weight excluding hydrogens is 500 g/mol. The third kappa shape index (κ3) is 5.43. The minimum absolute atomic E-state index is 0.126. The average molecular weight is 529 g/mol. The fraction of sp³-hybridized carbons (Fsp3) is 0.241. The van der Waals surface area contributed by atoms with Crippen molar-refractivity contribution in [3.8, 4) is 11.5 Å². The zero-order chi connectivity index (χ0) is 26.5. The van der Waals surface area contributed by atoms with Gasteiger partial charge in [0.15, 0.2) is 16.7 Å². The number of ether oxygens (including phenoxy) is 2. The lowest BCUT2D eigenvalue weighted by Gasteiger charge is -2.25. The van der Waals surface area contributed by atoms with Crippen molar-refractivity contribution in [3.63, 3.8) is 0 Å². The van der Waals surface area contributed by atoms with Gasteiger partial charge in [0.1, 0.15) is 11.9 Å². The average Bonchev–Trinajstić information content (AvgIpc) is 3.28. The number of amidine groups is 2. The second kappa shape index (κ2) is 11.5. The number of hydrogen-bond donors (Lipinski definition) is 1. The summed E-state index contributed by atoms with van der Waals surface area (Å²) in [5.41, 5.74) is 3.63. The largest absolute Gasteiger partial charge is 0.493 e. The van der Waals surface area contributed by atoms with E-state index in [0.29, 0.717) is 41.9 Å². The highest BCUT2D eigenvalue weighted by atomic mass is 32.2. The summed E-state index contributed by atoms with van der Waals surface area (Å²) in [6.45, 7) is 0.471. The van der Waals surface area contributed by atoms with E-state index in [4.69, 9.17) is 19.5 Å². The highest BCUT2D eigenvalue weighted by Gasteiger charge is 2.41. The third-order valence-corrected chi connectivity index (χ3v) is 7.27. The van der Waals surface area contributed by atoms with Gasteiger partial charge in [-0.2, -0.15) is 0 Å². The van der Waals surface area contributed by atoms with E-state index < -0.39 is 6.04 Å². The van der Waals surface area contributed by atoms with Crippen LogP contribution in [0.25, 0.3) is 0 Å². The molecule has 0 bridgehead atoms. The Bertz CT molecular complexity index is 1410. The Balaban J connectivity index is 1.23. The number of fused-ring (bicyclic) bond motifs is 3. The molecule has 9 heteroatoms. The van der Waals surface area contributed by atoms with Gasteiger partial charge in [-0.1, -0.05) is 60.3 Å². The summed E-state index contributed by atoms with van der Waals surface area (Å²) in [6, 6.07) is 22.7. The lowest BCUT2D eigenvalue weighted by molar-refractivity contribution is -0.124. The van der Waals surface area contributed by atoms with Gasteiger partial charge in [0.05, 0.1) is 25.7 Å². The highest BCUT2D eigenvalue weighted by molar-refractivity contribution is 8.14. The standard InChI is InChI=1S/C29H28N4O4S/c1-36-24-13-12-20(17-25(24)37-2)14-15-30-26(34)18-38-29-32-22-11-7-6-10-21(22)27-31-23(28(35)33(27)29)16-19-8-4-3-5-9-19/h3-13,17,23H,14-16,18H2,1-2H3,(H,30,34). The van der Waals surface area contributed by atoms with Crippen LogP contribution < -0.4 is 14.8 Å². The highest BCUT2D eigenvalue weighted by Crippen LogP contribution is 2.34. The van der Waals surface area contributed by atoms with E-state index in [2.05, 4.69) is 5.32 Å². The Hall–Kier alpha value is -4.11. The van der Waals surface area contributed by atoms with E-state index in [-0.39, 0.29) is 17.6 Å². The molecule has 0 aliphatic carbocycles. The Morgan fingerprint density at radius 3 is 2.53 bits per heavy atom. The molecule has 0 spiro atoms. The summed E-state index contributed by atoms with van der Waals surface area (Å²) in [5, 5.41) is 3.42. The summed E-state index contributed by atoms with van der Waals surface area (Å²) in [6.07, 6.45) is 1.16. The number of amides is 2. The van der Waals surface area contributed by atoms with Crippen molar-refractivity contribution in [2.45, 2.75) is 18.9 Å². The molecule has 3 aromatic carbocycles. The van der Waals surface area contributed by atoms with Gasteiger partial charge in [-0.05, 0) is 41.8 Å². The first kappa shape index (κ1) is 25.5. The van der Waals surface area contributed by atoms with Gasteiger partial charge in [0.25, 0.3) is 5.91 Å². The smallest absolute Gasteiger partial charge is 0.259 e. The van der Waals surface area contributed by atoms with Crippen molar-refractivity contribution < 1.29 is 19.1 Å². The Morgan fingerprint density at radius 2 is 1.74 bits per heavy atom. The lowest BCUT2D eigenvalue weighted by atomic mass is 10.1. The first-order chi connectivity index (χ1) is 18.6. The van der Waals surface area contributed by atoms with Gasteiger partial charge in [-0.3, -0.25) is 14.6 Å². The van der Waals surface area contributed by atoms with Crippen LogP contribution in [0.2, 0.25) is 0 Å². The lowest BCUT2D eigenvalue weighted by Crippen LogP contribution is -2.42. The fourth-order valence-corrected chi connectivity index (χ4v) is 5.26. The first-order valence-corrected chi connectivity index (χ1v) is 13.3. The maximum atomic E-state index is 13.4. The zero-order valence-electron chi connectivity index (χ0n) is 21.2. The molecule has 1 N–H and O–H groups in total. The van der Waals surface area contributed by atoms with Crippen LogP contribution in [-0.4, -0.2) is 60.3 Å². The van der Waals surface area contributed by atoms with Crippen molar-refractivity contribution in [1.29, 1.82) is 0 Å². The number of carbonyl (C=O) groups excluding carboxylic acids is 2. The number of thioether (sulfide) groups is 1.